The topological polar surface area (TPSA) is 76.7 Å². The van der Waals surface area contributed by atoms with Crippen LogP contribution in [0.3, 0.4) is 0 Å². The largest absolute Gasteiger partial charge is 0.481 e. The Morgan fingerprint density at radius 1 is 0.625 bits per heavy atom. The molecule has 0 heterocycles. The highest BCUT2D eigenvalue weighted by atomic mass is 16.5. The Balaban J connectivity index is 1.53. The SMILES string of the molecule is Cc1ccccc1O[C@@H](C)C(=O)Nc1ccc(NC(=O)[C@@H](C)Oc2ccccc2C)cc1. The monoisotopic (exact) mass is 432 g/mol. The van der Waals surface area contributed by atoms with Gasteiger partial charge in [-0.3, -0.25) is 9.59 Å². The molecule has 2 amide bonds. The number of anilines is 2. The number of carbonyl (C=O) groups excluding carboxylic acids is 2. The van der Waals surface area contributed by atoms with Gasteiger partial charge < -0.3 is 20.1 Å². The van der Waals surface area contributed by atoms with E-state index in [2.05, 4.69) is 10.6 Å². The summed E-state index contributed by atoms with van der Waals surface area (Å²) in [5, 5.41) is 5.64. The third kappa shape index (κ3) is 6.11. The van der Waals surface area contributed by atoms with E-state index in [4.69, 9.17) is 9.47 Å². The fourth-order valence-electron chi connectivity index (χ4n) is 2.99. The van der Waals surface area contributed by atoms with E-state index in [1.54, 1.807) is 38.1 Å². The lowest BCUT2D eigenvalue weighted by molar-refractivity contribution is -0.122. The van der Waals surface area contributed by atoms with Gasteiger partial charge >= 0.3 is 0 Å². The van der Waals surface area contributed by atoms with Crippen molar-refractivity contribution in [2.24, 2.45) is 0 Å². The molecule has 2 N–H and O–H groups in total. The average Bonchev–Trinajstić information content (AvgIpc) is 2.78. The van der Waals surface area contributed by atoms with Crippen molar-refractivity contribution < 1.29 is 19.1 Å². The van der Waals surface area contributed by atoms with Crippen molar-refractivity contribution in [2.75, 3.05) is 10.6 Å². The molecule has 0 fully saturated rings. The molecule has 166 valence electrons. The number of hydrogen-bond acceptors (Lipinski definition) is 4. The normalized spacial score (nSPS) is 12.4. The van der Waals surface area contributed by atoms with Gasteiger partial charge in [-0.1, -0.05) is 36.4 Å². The maximum absolute atomic E-state index is 12.5. The number of rotatable bonds is 8. The first-order chi connectivity index (χ1) is 15.3. The van der Waals surface area contributed by atoms with E-state index in [-0.39, 0.29) is 11.8 Å². The quantitative estimate of drug-likeness (QED) is 0.518. The fraction of sp³-hybridized carbons (Fsp3) is 0.231. The summed E-state index contributed by atoms with van der Waals surface area (Å²) in [4.78, 5) is 24.9. The highest BCUT2D eigenvalue weighted by Crippen LogP contribution is 2.20. The van der Waals surface area contributed by atoms with E-state index >= 15 is 0 Å². The smallest absolute Gasteiger partial charge is 0.265 e. The van der Waals surface area contributed by atoms with E-state index in [9.17, 15) is 9.59 Å². The lowest BCUT2D eigenvalue weighted by atomic mass is 10.2. The van der Waals surface area contributed by atoms with Crippen LogP contribution in [0, 0.1) is 13.8 Å². The van der Waals surface area contributed by atoms with Gasteiger partial charge in [0.2, 0.25) is 0 Å². The third-order valence-electron chi connectivity index (χ3n) is 4.95. The second-order valence-corrected chi connectivity index (χ2v) is 7.61. The van der Waals surface area contributed by atoms with Gasteiger partial charge in [-0.25, -0.2) is 0 Å². The lowest BCUT2D eigenvalue weighted by Gasteiger charge is -2.17. The van der Waals surface area contributed by atoms with Crippen LogP contribution in [0.1, 0.15) is 25.0 Å². The minimum absolute atomic E-state index is 0.259. The number of benzene rings is 3. The summed E-state index contributed by atoms with van der Waals surface area (Å²) in [6.07, 6.45) is -1.31. The van der Waals surface area contributed by atoms with Crippen molar-refractivity contribution in [3.05, 3.63) is 83.9 Å². The predicted molar refractivity (Wildman–Crippen MR) is 126 cm³/mol. The first kappa shape index (κ1) is 22.9. The first-order valence-electron chi connectivity index (χ1n) is 10.5. The summed E-state index contributed by atoms with van der Waals surface area (Å²) >= 11 is 0. The van der Waals surface area contributed by atoms with Gasteiger partial charge in [0.15, 0.2) is 12.2 Å². The number of hydrogen-bond donors (Lipinski definition) is 2. The molecule has 6 nitrogen and oxygen atoms in total. The van der Waals surface area contributed by atoms with Crippen LogP contribution in [-0.2, 0) is 9.59 Å². The minimum Gasteiger partial charge on any atom is -0.481 e. The van der Waals surface area contributed by atoms with Crippen LogP contribution in [0.2, 0.25) is 0 Å². The number of para-hydroxylation sites is 2. The molecule has 3 aromatic carbocycles. The van der Waals surface area contributed by atoms with Crippen molar-refractivity contribution in [1.29, 1.82) is 0 Å². The minimum atomic E-state index is -0.657. The molecule has 0 radical (unpaired) electrons. The zero-order chi connectivity index (χ0) is 23.1. The first-order valence-corrected chi connectivity index (χ1v) is 10.5. The summed E-state index contributed by atoms with van der Waals surface area (Å²) < 4.78 is 11.5. The highest BCUT2D eigenvalue weighted by molar-refractivity contribution is 5.96. The number of amides is 2. The maximum atomic E-state index is 12.5. The van der Waals surface area contributed by atoms with Gasteiger partial charge in [-0.2, -0.15) is 0 Å². The van der Waals surface area contributed by atoms with Crippen LogP contribution in [0.15, 0.2) is 72.8 Å². The molecule has 6 heteroatoms. The Kier molecular flexibility index (Phi) is 7.49. The molecule has 0 spiro atoms. The zero-order valence-electron chi connectivity index (χ0n) is 18.7. The van der Waals surface area contributed by atoms with Gasteiger partial charge in [0.25, 0.3) is 11.8 Å². The number of nitrogens with one attached hydrogen (secondary N) is 2. The van der Waals surface area contributed by atoms with Crippen LogP contribution in [0.4, 0.5) is 11.4 Å². The Bertz CT molecular complexity index is 993. The van der Waals surface area contributed by atoms with Crippen molar-refractivity contribution in [2.45, 2.75) is 39.9 Å². The summed E-state index contributed by atoms with van der Waals surface area (Å²) in [6.45, 7) is 7.26. The van der Waals surface area contributed by atoms with Crippen molar-refractivity contribution in [3.8, 4) is 11.5 Å². The number of aryl methyl sites for hydroxylation is 2. The maximum Gasteiger partial charge on any atom is 0.265 e. The van der Waals surface area contributed by atoms with E-state index in [0.717, 1.165) is 11.1 Å². The Morgan fingerprint density at radius 2 is 0.969 bits per heavy atom. The molecule has 0 aliphatic heterocycles. The standard InChI is InChI=1S/C26H28N2O4/c1-17-9-5-7-11-23(17)31-19(3)25(29)27-21-13-15-22(16-14-21)28-26(30)20(4)32-24-12-8-6-10-18(24)2/h5-16,19-20H,1-4H3,(H,27,29)(H,28,30)/t19-,20+. The van der Waals surface area contributed by atoms with E-state index in [1.807, 2.05) is 62.4 Å². The van der Waals surface area contributed by atoms with Crippen LogP contribution < -0.4 is 20.1 Å². The van der Waals surface area contributed by atoms with Crippen molar-refractivity contribution in [1.82, 2.24) is 0 Å². The summed E-state index contributed by atoms with van der Waals surface area (Å²) in [6, 6.07) is 22.0. The van der Waals surface area contributed by atoms with Crippen molar-refractivity contribution >= 4 is 23.2 Å². The van der Waals surface area contributed by atoms with Crippen molar-refractivity contribution in [3.63, 3.8) is 0 Å². The molecule has 32 heavy (non-hydrogen) atoms. The van der Waals surface area contributed by atoms with Gasteiger partial charge in [0, 0.05) is 11.4 Å². The van der Waals surface area contributed by atoms with Crippen LogP contribution in [0.5, 0.6) is 11.5 Å². The van der Waals surface area contributed by atoms with Gasteiger partial charge in [-0.05, 0) is 75.2 Å². The Hall–Kier alpha value is -3.80. The molecular formula is C26H28N2O4. The summed E-state index contributed by atoms with van der Waals surface area (Å²) in [5.74, 6) is 0.834. The molecule has 3 aromatic rings. The summed E-state index contributed by atoms with van der Waals surface area (Å²) in [5.41, 5.74) is 3.15. The third-order valence-corrected chi connectivity index (χ3v) is 4.95. The molecule has 0 bridgehead atoms. The van der Waals surface area contributed by atoms with E-state index < -0.39 is 12.2 Å². The lowest BCUT2D eigenvalue weighted by Crippen LogP contribution is -2.30. The molecule has 0 saturated heterocycles. The van der Waals surface area contributed by atoms with E-state index in [0.29, 0.717) is 22.9 Å². The molecule has 0 aliphatic carbocycles. The number of carbonyl (C=O) groups is 2. The second kappa shape index (κ2) is 10.5. The van der Waals surface area contributed by atoms with Crippen LogP contribution in [-0.4, -0.2) is 24.0 Å². The highest BCUT2D eigenvalue weighted by Gasteiger charge is 2.17. The molecule has 0 aromatic heterocycles. The van der Waals surface area contributed by atoms with Gasteiger partial charge in [-0.15, -0.1) is 0 Å². The molecule has 0 saturated carbocycles. The molecule has 3 rings (SSSR count). The predicted octanol–water partition coefficient (Wildman–Crippen LogP) is 5.12. The molecule has 0 aliphatic rings. The fourth-order valence-corrected chi connectivity index (χ4v) is 2.99. The molecular weight excluding hydrogens is 404 g/mol. The van der Waals surface area contributed by atoms with E-state index in [1.165, 1.54) is 0 Å². The Morgan fingerprint density at radius 3 is 1.31 bits per heavy atom. The molecule has 0 unspecified atom stereocenters. The zero-order valence-corrected chi connectivity index (χ0v) is 18.7. The van der Waals surface area contributed by atoms with Crippen LogP contribution in [0.25, 0.3) is 0 Å². The van der Waals surface area contributed by atoms with Crippen LogP contribution >= 0.6 is 0 Å². The summed E-state index contributed by atoms with van der Waals surface area (Å²) in [7, 11) is 0. The molecule has 2 atom stereocenters. The average molecular weight is 433 g/mol. The van der Waals surface area contributed by atoms with Gasteiger partial charge in [0.05, 0.1) is 0 Å². The number of ether oxygens (including phenoxy) is 2. The van der Waals surface area contributed by atoms with Gasteiger partial charge in [0.1, 0.15) is 11.5 Å². The second-order valence-electron chi connectivity index (χ2n) is 7.61. The Labute approximate surface area is 188 Å².